The Morgan fingerprint density at radius 3 is 2.88 bits per heavy atom. The zero-order chi connectivity index (χ0) is 11.0. The van der Waals surface area contributed by atoms with E-state index in [0.717, 1.165) is 15.6 Å². The third kappa shape index (κ3) is 2.28. The van der Waals surface area contributed by atoms with Crippen LogP contribution in [0.5, 0.6) is 0 Å². The summed E-state index contributed by atoms with van der Waals surface area (Å²) in [6, 6.07) is 4.94. The molecule has 0 radical (unpaired) electrons. The number of nitrogens with zero attached hydrogens (tertiary/aromatic N) is 3. The zero-order valence-corrected chi connectivity index (χ0v) is 11.7. The van der Waals surface area contributed by atoms with E-state index in [1.54, 1.807) is 22.7 Å². The van der Waals surface area contributed by atoms with Crippen LogP contribution in [0.25, 0.3) is 0 Å². The van der Waals surface area contributed by atoms with Crippen molar-refractivity contribution >= 4 is 43.7 Å². The minimum atomic E-state index is 0.668. The molecule has 0 unspecified atom stereocenters. The molecule has 3 nitrogen and oxygen atoms in total. The Bertz CT molecular complexity index is 464. The second-order valence-electron chi connectivity index (χ2n) is 3.78. The smallest absolute Gasteiger partial charge is 0.209 e. The first-order chi connectivity index (χ1) is 7.83. The molecule has 0 N–H and O–H groups in total. The molecule has 2 heterocycles. The summed E-state index contributed by atoms with van der Waals surface area (Å²) in [6.07, 6.45) is 2.56. The van der Waals surface area contributed by atoms with Crippen molar-refractivity contribution in [1.29, 1.82) is 0 Å². The van der Waals surface area contributed by atoms with E-state index in [-0.39, 0.29) is 0 Å². The first-order valence-electron chi connectivity index (χ1n) is 5.11. The van der Waals surface area contributed by atoms with Crippen LogP contribution >= 0.6 is 38.6 Å². The van der Waals surface area contributed by atoms with Crippen molar-refractivity contribution in [2.24, 2.45) is 0 Å². The molecule has 0 amide bonds. The normalized spacial score (nSPS) is 15.3. The SMILES string of the molecule is Brc1nnc(N(Cc2cccs2)C2CC2)s1. The lowest BCUT2D eigenvalue weighted by molar-refractivity contribution is 0.788. The molecule has 16 heavy (non-hydrogen) atoms. The topological polar surface area (TPSA) is 29.0 Å². The van der Waals surface area contributed by atoms with E-state index < -0.39 is 0 Å². The highest BCUT2D eigenvalue weighted by Crippen LogP contribution is 2.36. The molecule has 1 aliphatic carbocycles. The highest BCUT2D eigenvalue weighted by Gasteiger charge is 2.31. The van der Waals surface area contributed by atoms with E-state index in [1.807, 2.05) is 0 Å². The van der Waals surface area contributed by atoms with E-state index in [9.17, 15) is 0 Å². The van der Waals surface area contributed by atoms with Crippen molar-refractivity contribution in [3.63, 3.8) is 0 Å². The van der Waals surface area contributed by atoms with Gasteiger partial charge in [-0.15, -0.1) is 21.5 Å². The maximum atomic E-state index is 4.21. The molecule has 0 bridgehead atoms. The standard InChI is InChI=1S/C10H10BrN3S2/c11-9-12-13-10(16-9)14(7-3-4-7)6-8-2-1-5-15-8/h1-2,5,7H,3-4,6H2. The quantitative estimate of drug-likeness (QED) is 0.864. The number of hydrogen-bond donors (Lipinski definition) is 0. The second kappa shape index (κ2) is 4.43. The van der Waals surface area contributed by atoms with Gasteiger partial charge in [0, 0.05) is 10.9 Å². The largest absolute Gasteiger partial charge is 0.339 e. The first kappa shape index (κ1) is 10.7. The van der Waals surface area contributed by atoms with Gasteiger partial charge in [-0.25, -0.2) is 0 Å². The lowest BCUT2D eigenvalue weighted by Crippen LogP contribution is -2.24. The van der Waals surface area contributed by atoms with Gasteiger partial charge in [0.2, 0.25) is 5.13 Å². The average molecular weight is 316 g/mol. The molecule has 0 saturated heterocycles. The summed E-state index contributed by atoms with van der Waals surface area (Å²) >= 11 is 6.78. The van der Waals surface area contributed by atoms with Gasteiger partial charge in [0.15, 0.2) is 3.92 Å². The summed E-state index contributed by atoms with van der Waals surface area (Å²) in [4.78, 5) is 3.76. The lowest BCUT2D eigenvalue weighted by atomic mass is 10.4. The number of rotatable bonds is 4. The Morgan fingerprint density at radius 1 is 1.44 bits per heavy atom. The van der Waals surface area contributed by atoms with E-state index >= 15 is 0 Å². The summed E-state index contributed by atoms with van der Waals surface area (Å²) < 4.78 is 0.860. The molecule has 1 aliphatic rings. The van der Waals surface area contributed by atoms with Gasteiger partial charge >= 0.3 is 0 Å². The Kier molecular flexibility index (Phi) is 2.95. The number of aromatic nitrogens is 2. The minimum absolute atomic E-state index is 0.668. The Hall–Kier alpha value is -0.460. The average Bonchev–Trinajstić information content (AvgIpc) is 2.81. The van der Waals surface area contributed by atoms with Gasteiger partial charge in [-0.05, 0) is 40.2 Å². The molecule has 2 aromatic heterocycles. The van der Waals surface area contributed by atoms with Gasteiger partial charge in [0.05, 0.1) is 6.54 Å². The van der Waals surface area contributed by atoms with Gasteiger partial charge in [-0.2, -0.15) is 0 Å². The molecule has 6 heteroatoms. The van der Waals surface area contributed by atoms with Crippen LogP contribution in [-0.4, -0.2) is 16.2 Å². The molecular weight excluding hydrogens is 306 g/mol. The lowest BCUT2D eigenvalue weighted by Gasteiger charge is -2.19. The fourth-order valence-corrected chi connectivity index (χ4v) is 3.49. The maximum absolute atomic E-state index is 4.21. The molecule has 1 fully saturated rings. The van der Waals surface area contributed by atoms with Crippen molar-refractivity contribution in [1.82, 2.24) is 10.2 Å². The summed E-state index contributed by atoms with van der Waals surface area (Å²) in [5.74, 6) is 0. The van der Waals surface area contributed by atoms with Crippen LogP contribution in [-0.2, 0) is 6.54 Å². The first-order valence-corrected chi connectivity index (χ1v) is 7.60. The molecule has 0 spiro atoms. The summed E-state index contributed by atoms with van der Waals surface area (Å²) in [5, 5.41) is 11.4. The van der Waals surface area contributed by atoms with Crippen molar-refractivity contribution in [3.8, 4) is 0 Å². The maximum Gasteiger partial charge on any atom is 0.209 e. The second-order valence-corrected chi connectivity index (χ2v) is 7.04. The molecular formula is C10H10BrN3S2. The van der Waals surface area contributed by atoms with Crippen molar-refractivity contribution < 1.29 is 0 Å². The van der Waals surface area contributed by atoms with Gasteiger partial charge in [-0.3, -0.25) is 0 Å². The number of anilines is 1. The van der Waals surface area contributed by atoms with Gasteiger partial charge in [0.1, 0.15) is 0 Å². The van der Waals surface area contributed by atoms with Crippen LogP contribution in [0.15, 0.2) is 21.4 Å². The fraction of sp³-hybridized carbons (Fsp3) is 0.400. The molecule has 0 aliphatic heterocycles. The highest BCUT2D eigenvalue weighted by molar-refractivity contribution is 9.11. The van der Waals surface area contributed by atoms with Crippen LogP contribution in [0.2, 0.25) is 0 Å². The Labute approximate surface area is 110 Å². The molecule has 3 rings (SSSR count). The van der Waals surface area contributed by atoms with E-state index in [1.165, 1.54) is 17.7 Å². The van der Waals surface area contributed by atoms with E-state index in [2.05, 4.69) is 48.5 Å². The zero-order valence-electron chi connectivity index (χ0n) is 8.47. The van der Waals surface area contributed by atoms with Crippen LogP contribution in [0.4, 0.5) is 5.13 Å². The number of halogens is 1. The van der Waals surface area contributed by atoms with Crippen molar-refractivity contribution in [2.75, 3.05) is 4.90 Å². The van der Waals surface area contributed by atoms with Crippen LogP contribution in [0, 0.1) is 0 Å². The molecule has 0 atom stereocenters. The predicted octanol–water partition coefficient (Wildman–Crippen LogP) is 3.53. The molecule has 2 aromatic rings. The molecule has 84 valence electrons. The summed E-state index contributed by atoms with van der Waals surface area (Å²) in [5.41, 5.74) is 0. The summed E-state index contributed by atoms with van der Waals surface area (Å²) in [7, 11) is 0. The molecule has 1 saturated carbocycles. The molecule has 0 aromatic carbocycles. The van der Waals surface area contributed by atoms with Gasteiger partial charge < -0.3 is 4.90 Å². The van der Waals surface area contributed by atoms with Crippen LogP contribution in [0.3, 0.4) is 0 Å². The van der Waals surface area contributed by atoms with Crippen LogP contribution in [0.1, 0.15) is 17.7 Å². The third-order valence-electron chi connectivity index (χ3n) is 2.53. The Morgan fingerprint density at radius 2 is 2.31 bits per heavy atom. The number of thiophene rings is 1. The van der Waals surface area contributed by atoms with E-state index in [0.29, 0.717) is 6.04 Å². The van der Waals surface area contributed by atoms with Crippen molar-refractivity contribution in [2.45, 2.75) is 25.4 Å². The van der Waals surface area contributed by atoms with Crippen LogP contribution < -0.4 is 4.90 Å². The third-order valence-corrected chi connectivity index (χ3v) is 4.78. The monoisotopic (exact) mass is 315 g/mol. The van der Waals surface area contributed by atoms with Crippen molar-refractivity contribution in [3.05, 3.63) is 26.3 Å². The Balaban J connectivity index is 1.81. The highest BCUT2D eigenvalue weighted by atomic mass is 79.9. The van der Waals surface area contributed by atoms with Gasteiger partial charge in [-0.1, -0.05) is 17.4 Å². The summed E-state index contributed by atoms with van der Waals surface area (Å²) in [6.45, 7) is 0.962. The van der Waals surface area contributed by atoms with Gasteiger partial charge in [0.25, 0.3) is 0 Å². The predicted molar refractivity (Wildman–Crippen MR) is 71.1 cm³/mol. The number of hydrogen-bond acceptors (Lipinski definition) is 5. The van der Waals surface area contributed by atoms with E-state index in [4.69, 9.17) is 0 Å². The fourth-order valence-electron chi connectivity index (χ4n) is 1.62. The minimum Gasteiger partial charge on any atom is -0.339 e.